The fraction of sp³-hybridized carbons (Fsp3) is 0.583. The second-order valence-corrected chi connectivity index (χ2v) is 7.50. The lowest BCUT2D eigenvalue weighted by Crippen LogP contribution is -2.45. The molecule has 1 aliphatic heterocycles. The third-order valence-corrected chi connectivity index (χ3v) is 5.64. The van der Waals surface area contributed by atoms with Crippen LogP contribution < -0.4 is 5.32 Å². The summed E-state index contributed by atoms with van der Waals surface area (Å²) in [5, 5.41) is 12.9. The van der Waals surface area contributed by atoms with Crippen LogP contribution in [0.3, 0.4) is 0 Å². The Hall–Kier alpha value is -0.890. The number of hydrogen-bond donors (Lipinski definition) is 2. The molecule has 0 radical (unpaired) electrons. The highest BCUT2D eigenvalue weighted by Gasteiger charge is 2.34. The van der Waals surface area contributed by atoms with Gasteiger partial charge in [-0.05, 0) is 25.8 Å². The minimum atomic E-state index is -3.61. The van der Waals surface area contributed by atoms with Gasteiger partial charge in [-0.2, -0.15) is 4.31 Å². The maximum atomic E-state index is 12.5. The van der Waals surface area contributed by atoms with Crippen LogP contribution in [0.2, 0.25) is 5.02 Å². The van der Waals surface area contributed by atoms with Crippen LogP contribution in [0.5, 0.6) is 0 Å². The molecule has 2 heterocycles. The van der Waals surface area contributed by atoms with Crippen molar-refractivity contribution in [3.8, 4) is 0 Å². The van der Waals surface area contributed by atoms with E-state index >= 15 is 0 Å². The fourth-order valence-electron chi connectivity index (χ4n) is 2.10. The van der Waals surface area contributed by atoms with E-state index in [-0.39, 0.29) is 9.92 Å². The first-order valence-corrected chi connectivity index (χ1v) is 8.14. The van der Waals surface area contributed by atoms with Crippen molar-refractivity contribution in [1.29, 1.82) is 0 Å². The molecule has 6 nitrogen and oxygen atoms in total. The van der Waals surface area contributed by atoms with Crippen molar-refractivity contribution in [2.24, 2.45) is 0 Å². The monoisotopic (exact) mass is 319 g/mol. The number of rotatable bonds is 3. The average molecular weight is 320 g/mol. The molecule has 8 heteroatoms. The molecule has 0 amide bonds. The lowest BCUT2D eigenvalue weighted by atomic mass is 9.95. The van der Waals surface area contributed by atoms with Crippen LogP contribution in [0.15, 0.2) is 17.2 Å². The van der Waals surface area contributed by atoms with Crippen LogP contribution in [-0.2, 0) is 10.0 Å². The summed E-state index contributed by atoms with van der Waals surface area (Å²) in [7, 11) is -1.95. The largest absolute Gasteiger partial charge is 0.390 e. The van der Waals surface area contributed by atoms with Crippen LogP contribution >= 0.6 is 11.6 Å². The van der Waals surface area contributed by atoms with E-state index in [0.717, 1.165) is 0 Å². The van der Waals surface area contributed by atoms with Gasteiger partial charge in [-0.3, -0.25) is 0 Å². The topological polar surface area (TPSA) is 82.5 Å². The summed E-state index contributed by atoms with van der Waals surface area (Å²) >= 11 is 5.97. The molecule has 0 atom stereocenters. The fourth-order valence-corrected chi connectivity index (χ4v) is 3.84. The summed E-state index contributed by atoms with van der Waals surface area (Å²) in [5.41, 5.74) is -0.794. The number of aliphatic hydroxyl groups is 1. The molecular weight excluding hydrogens is 302 g/mol. The first kappa shape index (κ1) is 15.5. The van der Waals surface area contributed by atoms with Crippen molar-refractivity contribution >= 4 is 27.4 Å². The molecule has 0 bridgehead atoms. The van der Waals surface area contributed by atoms with E-state index in [4.69, 9.17) is 11.6 Å². The van der Waals surface area contributed by atoms with E-state index in [1.54, 1.807) is 14.0 Å². The molecule has 0 spiro atoms. The van der Waals surface area contributed by atoms with E-state index in [0.29, 0.717) is 31.7 Å². The number of halogens is 1. The van der Waals surface area contributed by atoms with Gasteiger partial charge in [0.2, 0.25) is 10.0 Å². The summed E-state index contributed by atoms with van der Waals surface area (Å²) < 4.78 is 26.3. The highest BCUT2D eigenvalue weighted by molar-refractivity contribution is 7.89. The SMILES string of the molecule is CNc1ncc(S(=O)(=O)N2CCC(C)(O)CC2)cc1Cl. The smallest absolute Gasteiger partial charge is 0.244 e. The molecule has 20 heavy (non-hydrogen) atoms. The molecule has 112 valence electrons. The van der Waals surface area contributed by atoms with E-state index in [1.807, 2.05) is 0 Å². The van der Waals surface area contributed by atoms with Gasteiger partial charge < -0.3 is 10.4 Å². The molecule has 1 saturated heterocycles. The lowest BCUT2D eigenvalue weighted by molar-refractivity contribution is 0.0126. The van der Waals surface area contributed by atoms with E-state index < -0.39 is 15.6 Å². The second-order valence-electron chi connectivity index (χ2n) is 5.15. The van der Waals surface area contributed by atoms with Crippen LogP contribution in [0.4, 0.5) is 5.82 Å². The van der Waals surface area contributed by atoms with Crippen LogP contribution in [0.25, 0.3) is 0 Å². The zero-order valence-corrected chi connectivity index (χ0v) is 13.0. The second kappa shape index (κ2) is 5.48. The van der Waals surface area contributed by atoms with Crippen molar-refractivity contribution in [2.45, 2.75) is 30.3 Å². The van der Waals surface area contributed by atoms with Crippen LogP contribution in [0.1, 0.15) is 19.8 Å². The Morgan fingerprint density at radius 1 is 1.45 bits per heavy atom. The lowest BCUT2D eigenvalue weighted by Gasteiger charge is -2.34. The predicted octanol–water partition coefficient (Wildman–Crippen LogP) is 1.31. The summed E-state index contributed by atoms with van der Waals surface area (Å²) in [6, 6.07) is 1.39. The van der Waals surface area contributed by atoms with Gasteiger partial charge in [-0.25, -0.2) is 13.4 Å². The van der Waals surface area contributed by atoms with E-state index in [2.05, 4.69) is 10.3 Å². The Labute approximate surface area is 123 Å². The minimum absolute atomic E-state index is 0.0723. The van der Waals surface area contributed by atoms with Crippen molar-refractivity contribution in [2.75, 3.05) is 25.5 Å². The molecule has 2 rings (SSSR count). The maximum absolute atomic E-state index is 12.5. The number of aromatic nitrogens is 1. The number of sulfonamides is 1. The number of piperidine rings is 1. The zero-order chi connectivity index (χ0) is 15.0. The molecule has 1 aliphatic rings. The molecule has 1 aromatic heterocycles. The van der Waals surface area contributed by atoms with Crippen LogP contribution in [-0.4, -0.2) is 48.6 Å². The summed E-state index contributed by atoms with van der Waals surface area (Å²) in [5.74, 6) is 0.437. The summed E-state index contributed by atoms with van der Waals surface area (Å²) in [4.78, 5) is 4.06. The quantitative estimate of drug-likeness (QED) is 0.878. The predicted molar refractivity (Wildman–Crippen MR) is 77.4 cm³/mol. The molecule has 2 N–H and O–H groups in total. The zero-order valence-electron chi connectivity index (χ0n) is 11.4. The third-order valence-electron chi connectivity index (χ3n) is 3.49. The third kappa shape index (κ3) is 3.06. The van der Waals surface area contributed by atoms with Gasteiger partial charge in [0.05, 0.1) is 10.6 Å². The van der Waals surface area contributed by atoms with Crippen molar-refractivity contribution < 1.29 is 13.5 Å². The summed E-state index contributed by atoms with van der Waals surface area (Å²) in [6.45, 7) is 2.30. The van der Waals surface area contributed by atoms with Crippen molar-refractivity contribution in [3.63, 3.8) is 0 Å². The van der Waals surface area contributed by atoms with Crippen LogP contribution in [0, 0.1) is 0 Å². The Kier molecular flexibility index (Phi) is 4.24. The molecule has 0 aliphatic carbocycles. The standard InChI is InChI=1S/C12H18ClN3O3S/c1-12(17)3-5-16(6-4-12)20(18,19)9-7-10(13)11(14-2)15-8-9/h7-8,17H,3-6H2,1-2H3,(H,14,15). The molecule has 1 aromatic rings. The van der Waals surface area contributed by atoms with E-state index in [1.165, 1.54) is 16.6 Å². The van der Waals surface area contributed by atoms with Gasteiger partial charge in [0.15, 0.2) is 0 Å². The maximum Gasteiger partial charge on any atom is 0.244 e. The van der Waals surface area contributed by atoms with Gasteiger partial charge in [-0.15, -0.1) is 0 Å². The number of nitrogens with one attached hydrogen (secondary N) is 1. The van der Waals surface area contributed by atoms with Crippen molar-refractivity contribution in [1.82, 2.24) is 9.29 Å². The molecule has 0 saturated carbocycles. The van der Waals surface area contributed by atoms with Gasteiger partial charge >= 0.3 is 0 Å². The molecule has 1 fully saturated rings. The number of hydrogen-bond acceptors (Lipinski definition) is 5. The molecular formula is C12H18ClN3O3S. The average Bonchev–Trinajstić information content (AvgIpc) is 2.38. The molecule has 0 unspecified atom stereocenters. The minimum Gasteiger partial charge on any atom is -0.390 e. The Morgan fingerprint density at radius 3 is 2.55 bits per heavy atom. The van der Waals surface area contributed by atoms with Crippen molar-refractivity contribution in [3.05, 3.63) is 17.3 Å². The van der Waals surface area contributed by atoms with Gasteiger partial charge in [0, 0.05) is 26.3 Å². The first-order chi connectivity index (χ1) is 9.26. The normalized spacial score (nSPS) is 19.8. The highest BCUT2D eigenvalue weighted by atomic mass is 35.5. The highest BCUT2D eigenvalue weighted by Crippen LogP contribution is 2.28. The Morgan fingerprint density at radius 2 is 2.05 bits per heavy atom. The Bertz CT molecular complexity index is 594. The Balaban J connectivity index is 2.25. The number of pyridine rings is 1. The van der Waals surface area contributed by atoms with Gasteiger partial charge in [-0.1, -0.05) is 11.6 Å². The van der Waals surface area contributed by atoms with Gasteiger partial charge in [0.25, 0.3) is 0 Å². The molecule has 0 aromatic carbocycles. The van der Waals surface area contributed by atoms with E-state index in [9.17, 15) is 13.5 Å². The van der Waals surface area contributed by atoms with Gasteiger partial charge in [0.1, 0.15) is 10.7 Å². The summed E-state index contributed by atoms with van der Waals surface area (Å²) in [6.07, 6.45) is 2.13. The first-order valence-electron chi connectivity index (χ1n) is 6.32. The number of nitrogens with zero attached hydrogens (tertiary/aromatic N) is 2. The number of anilines is 1.